The van der Waals surface area contributed by atoms with E-state index in [-0.39, 0.29) is 24.8 Å². The molecule has 0 aromatic heterocycles. The molecule has 2 aliphatic carbocycles. The Morgan fingerprint density at radius 2 is 1.08 bits per heavy atom. The molecular formula is C20H35Cl2GeZr. The number of allylic oxidation sites excluding steroid dienone is 8. The van der Waals surface area contributed by atoms with Gasteiger partial charge in [0, 0.05) is 0 Å². The van der Waals surface area contributed by atoms with Crippen LogP contribution < -0.4 is 0 Å². The predicted octanol–water partition coefficient (Wildman–Crippen LogP) is 6.95. The third-order valence-corrected chi connectivity index (χ3v) is 36.1. The van der Waals surface area contributed by atoms with Crippen molar-refractivity contribution in [3.8, 4) is 0 Å². The topological polar surface area (TPSA) is 0 Å². The van der Waals surface area contributed by atoms with Gasteiger partial charge in [0.15, 0.2) is 0 Å². The first-order valence-electron chi connectivity index (χ1n) is 8.71. The predicted molar refractivity (Wildman–Crippen MR) is 114 cm³/mol. The maximum absolute atomic E-state index is 2.67. The van der Waals surface area contributed by atoms with Gasteiger partial charge in [-0.15, -0.1) is 24.8 Å². The summed E-state index contributed by atoms with van der Waals surface area (Å²) < 4.78 is 3.90. The fourth-order valence-corrected chi connectivity index (χ4v) is 37.6. The van der Waals surface area contributed by atoms with Crippen LogP contribution in [0.4, 0.5) is 0 Å². The van der Waals surface area contributed by atoms with Crippen LogP contribution in [0.5, 0.6) is 0 Å². The summed E-state index contributed by atoms with van der Waals surface area (Å²) in [5, 5.41) is 0. The summed E-state index contributed by atoms with van der Waals surface area (Å²) in [6.07, 6.45) is 12.3. The van der Waals surface area contributed by atoms with Gasteiger partial charge in [0.05, 0.1) is 0 Å². The molecule has 0 aromatic carbocycles. The van der Waals surface area contributed by atoms with Crippen molar-refractivity contribution in [2.45, 2.75) is 65.9 Å². The SMILES string of the molecule is Cl.Cl.[CH3][GeH]([CH3])[Zr]([C]1=C(C(C)(C)C)C=CC1)[C]1=C(C(C)(C)C)C=CC1. The van der Waals surface area contributed by atoms with Gasteiger partial charge in [-0.25, -0.2) is 0 Å². The number of hydrogen-bond donors (Lipinski definition) is 0. The molecule has 0 nitrogen and oxygen atoms in total. The van der Waals surface area contributed by atoms with Crippen LogP contribution in [0, 0.1) is 10.8 Å². The zero-order chi connectivity index (χ0) is 16.7. The van der Waals surface area contributed by atoms with E-state index in [1.165, 1.54) is 12.8 Å². The van der Waals surface area contributed by atoms with Gasteiger partial charge in [0.1, 0.15) is 0 Å². The Morgan fingerprint density at radius 3 is 1.33 bits per heavy atom. The van der Waals surface area contributed by atoms with Gasteiger partial charge in [0.2, 0.25) is 0 Å². The zero-order valence-electron chi connectivity index (χ0n) is 16.6. The summed E-state index contributed by atoms with van der Waals surface area (Å²) in [7, 11) is -1.12. The van der Waals surface area contributed by atoms with Crippen LogP contribution in [0.3, 0.4) is 0 Å². The molecule has 0 spiro atoms. The average molecular weight is 510 g/mol. The van der Waals surface area contributed by atoms with E-state index in [0.717, 1.165) is 0 Å². The van der Waals surface area contributed by atoms with Crippen LogP contribution in [-0.2, 0) is 19.2 Å². The molecule has 0 unspecified atom stereocenters. The Bertz CT molecular complexity index is 521. The first-order chi connectivity index (χ1) is 10.0. The minimum absolute atomic E-state index is 0. The van der Waals surface area contributed by atoms with Crippen molar-refractivity contribution in [3.05, 3.63) is 42.0 Å². The first kappa shape index (κ1) is 25.0. The normalized spacial score (nSPS) is 17.5. The Hall–Kier alpha value is 0.966. The number of rotatable bonds is 3. The van der Waals surface area contributed by atoms with Gasteiger partial charge in [0.25, 0.3) is 0 Å². The molecule has 4 heteroatoms. The second-order valence-corrected chi connectivity index (χ2v) is 40.8. The van der Waals surface area contributed by atoms with E-state index in [1.807, 2.05) is 6.56 Å². The van der Waals surface area contributed by atoms with Crippen LogP contribution >= 0.6 is 24.8 Å². The fourth-order valence-electron chi connectivity index (χ4n) is 3.80. The number of halogens is 2. The molecule has 0 atom stereocenters. The average Bonchev–Trinajstić information content (AvgIpc) is 2.95. The van der Waals surface area contributed by atoms with Crippen molar-refractivity contribution in [2.24, 2.45) is 10.8 Å². The van der Waals surface area contributed by atoms with Crippen molar-refractivity contribution < 1.29 is 19.2 Å². The van der Waals surface area contributed by atoms with Gasteiger partial charge < -0.3 is 0 Å². The molecule has 0 radical (unpaired) electrons. The van der Waals surface area contributed by atoms with Crippen LogP contribution in [0.25, 0.3) is 0 Å². The molecule has 0 amide bonds. The minimum atomic E-state index is -1.61. The molecule has 2 aliphatic rings. The second-order valence-electron chi connectivity index (χ2n) is 9.07. The van der Waals surface area contributed by atoms with Crippen LogP contribution in [0.15, 0.2) is 42.0 Å². The monoisotopic (exact) mass is 509 g/mol. The third-order valence-electron chi connectivity index (χ3n) is 4.71. The van der Waals surface area contributed by atoms with E-state index in [4.69, 9.17) is 0 Å². The molecule has 0 saturated heterocycles. The Morgan fingerprint density at radius 1 is 0.750 bits per heavy atom. The van der Waals surface area contributed by atoms with Gasteiger partial charge in [-0.3, -0.25) is 0 Å². The van der Waals surface area contributed by atoms with Crippen LogP contribution in [0.2, 0.25) is 11.5 Å². The van der Waals surface area contributed by atoms with Gasteiger partial charge >= 0.3 is 149 Å². The molecule has 2 rings (SSSR count). The van der Waals surface area contributed by atoms with Gasteiger partial charge in [-0.1, -0.05) is 0 Å². The first-order valence-corrected chi connectivity index (χ1v) is 24.6. The molecule has 0 bridgehead atoms. The van der Waals surface area contributed by atoms with E-state index in [0.29, 0.717) is 10.8 Å². The second kappa shape index (κ2) is 9.25. The van der Waals surface area contributed by atoms with Crippen molar-refractivity contribution in [1.29, 1.82) is 0 Å². The van der Waals surface area contributed by atoms with Crippen LogP contribution in [0.1, 0.15) is 54.4 Å². The summed E-state index contributed by atoms with van der Waals surface area (Å²) in [5.74, 6) is 5.33. The van der Waals surface area contributed by atoms with E-state index >= 15 is 0 Å². The van der Waals surface area contributed by atoms with E-state index in [9.17, 15) is 0 Å². The molecular weight excluding hydrogens is 475 g/mol. The third kappa shape index (κ3) is 5.48. The summed E-state index contributed by atoms with van der Waals surface area (Å²) >= 11 is -1.61. The van der Waals surface area contributed by atoms with E-state index < -0.39 is 29.8 Å². The molecule has 0 fully saturated rings. The molecule has 0 N–H and O–H groups in total. The van der Waals surface area contributed by atoms with Gasteiger partial charge in [-0.2, -0.15) is 0 Å². The molecule has 24 heavy (non-hydrogen) atoms. The summed E-state index contributed by atoms with van der Waals surface area (Å²) in [6.45, 7) is 14.4. The van der Waals surface area contributed by atoms with Gasteiger partial charge in [-0.05, 0) is 0 Å². The quantitative estimate of drug-likeness (QED) is 0.361. The number of hydrogen-bond acceptors (Lipinski definition) is 0. The maximum atomic E-state index is 2.67. The summed E-state index contributed by atoms with van der Waals surface area (Å²) in [5.41, 5.74) is 4.04. The molecule has 137 valence electrons. The van der Waals surface area contributed by atoms with E-state index in [1.54, 1.807) is 11.1 Å². The Labute approximate surface area is 172 Å². The van der Waals surface area contributed by atoms with Crippen molar-refractivity contribution in [1.82, 2.24) is 0 Å². The zero-order valence-corrected chi connectivity index (χ0v) is 23.1. The van der Waals surface area contributed by atoms with Crippen molar-refractivity contribution >= 4 is 35.4 Å². The summed E-state index contributed by atoms with van der Waals surface area (Å²) in [6, 6.07) is 0. The van der Waals surface area contributed by atoms with Crippen molar-refractivity contribution in [3.63, 3.8) is 0 Å². The van der Waals surface area contributed by atoms with E-state index in [2.05, 4.69) is 77.4 Å². The Balaban J connectivity index is 0.00000264. The standard InChI is InChI=1S/2C9H13.C2H7Ge.2ClH.Zr/c2*1-9(2,3)8-6-4-5-7-8;1-3-2;;;/h2*4,6H,5H2,1-3H3;3H,1-2H3;2*1H;. The fraction of sp³-hybridized carbons (Fsp3) is 0.600. The van der Waals surface area contributed by atoms with Crippen molar-refractivity contribution in [2.75, 3.05) is 0 Å². The Kier molecular flexibility index (Phi) is 9.62. The molecule has 0 aliphatic heterocycles. The molecule has 0 aromatic rings. The molecule has 0 heterocycles. The summed E-state index contributed by atoms with van der Waals surface area (Å²) in [4.78, 5) is 0. The van der Waals surface area contributed by atoms with Crippen LogP contribution in [-0.4, -0.2) is 10.6 Å². The molecule has 0 saturated carbocycles.